The van der Waals surface area contributed by atoms with Crippen LogP contribution in [0.2, 0.25) is 0 Å². The van der Waals surface area contributed by atoms with Gasteiger partial charge in [-0.3, -0.25) is 19.3 Å². The maximum Gasteiger partial charge on any atom is 0.244 e. The third-order valence-electron chi connectivity index (χ3n) is 7.21. The lowest BCUT2D eigenvalue weighted by atomic mass is 9.66. The predicted octanol–water partition coefficient (Wildman–Crippen LogP) is -1.49. The van der Waals surface area contributed by atoms with Crippen molar-refractivity contribution in [1.29, 1.82) is 0 Å². The molecule has 3 amide bonds. The van der Waals surface area contributed by atoms with Crippen LogP contribution in [0.1, 0.15) is 13.3 Å². The van der Waals surface area contributed by atoms with Gasteiger partial charge in [0.25, 0.3) is 0 Å². The average Bonchev–Trinajstić information content (AvgIpc) is 3.33. The van der Waals surface area contributed by atoms with Crippen molar-refractivity contribution < 1.29 is 24.2 Å². The number of morpholine rings is 1. The number of aliphatic hydroxyl groups is 1. The third kappa shape index (κ3) is 3.32. The third-order valence-corrected chi connectivity index (χ3v) is 9.29. The molecule has 4 rings (SSSR count). The van der Waals surface area contributed by atoms with Gasteiger partial charge in [-0.15, -0.1) is 11.8 Å². The fourth-order valence-corrected chi connectivity index (χ4v) is 8.32. The van der Waals surface area contributed by atoms with E-state index in [2.05, 4.69) is 22.5 Å². The zero-order chi connectivity index (χ0) is 21.5. The molecule has 0 aromatic carbocycles. The van der Waals surface area contributed by atoms with Gasteiger partial charge in [-0.2, -0.15) is 0 Å². The topological polar surface area (TPSA) is 111 Å². The maximum atomic E-state index is 13.4. The van der Waals surface area contributed by atoms with E-state index in [1.165, 1.54) is 4.90 Å². The lowest BCUT2D eigenvalue weighted by molar-refractivity contribution is -0.140. The van der Waals surface area contributed by atoms with Crippen molar-refractivity contribution in [2.75, 3.05) is 59.6 Å². The summed E-state index contributed by atoms with van der Waals surface area (Å²) in [4.78, 5) is 43.2. The Bertz CT molecular complexity index is 703. The molecule has 10 heteroatoms. The molecule has 30 heavy (non-hydrogen) atoms. The monoisotopic (exact) mass is 440 g/mol. The molecule has 4 aliphatic heterocycles. The average molecular weight is 441 g/mol. The summed E-state index contributed by atoms with van der Waals surface area (Å²) < 4.78 is 4.75. The Balaban J connectivity index is 1.54. The number of nitrogens with one attached hydrogen (secondary N) is 2. The molecule has 4 saturated heterocycles. The Labute approximate surface area is 181 Å². The maximum absolute atomic E-state index is 13.4. The summed E-state index contributed by atoms with van der Waals surface area (Å²) in [7, 11) is 1.59. The minimum Gasteiger partial charge on any atom is -0.395 e. The molecular formula is C20H32N4O5S. The van der Waals surface area contributed by atoms with Gasteiger partial charge in [0.15, 0.2) is 0 Å². The van der Waals surface area contributed by atoms with Crippen LogP contribution >= 0.6 is 11.8 Å². The summed E-state index contributed by atoms with van der Waals surface area (Å²) in [5, 5.41) is 15.4. The number of amides is 3. The number of β-amino-alcohol motifs (C(OH)–C–C–N with tert-alkyl or cyclic N) is 1. The SMILES string of the molecule is CNC(=O)[C@@H]1[C@H]2C(=O)N(CCO)C(C(=O)NCCN3CCOCC3)C23S[C@@H]1CC3C. The standard InChI is InChI=1S/C20H32N4O5S/c1-12-11-13-14(17(26)21-2)15-19(28)24(5-8-25)16(20(12,15)30-13)18(27)22-3-4-23-6-9-29-10-7-23/h12-16,25H,3-11H2,1-2H3,(H,21,26)(H,22,27)/t12?,13-,14+,15+,16?,20?/m1/s1. The van der Waals surface area contributed by atoms with Gasteiger partial charge in [0.1, 0.15) is 6.04 Å². The molecule has 0 aromatic rings. The molecule has 4 fully saturated rings. The molecule has 4 aliphatic rings. The zero-order valence-corrected chi connectivity index (χ0v) is 18.5. The van der Waals surface area contributed by atoms with E-state index in [0.717, 1.165) is 26.1 Å². The highest BCUT2D eigenvalue weighted by atomic mass is 32.2. The van der Waals surface area contributed by atoms with Crippen molar-refractivity contribution in [2.45, 2.75) is 29.4 Å². The summed E-state index contributed by atoms with van der Waals surface area (Å²) >= 11 is 1.65. The van der Waals surface area contributed by atoms with Gasteiger partial charge in [0.05, 0.1) is 36.4 Å². The van der Waals surface area contributed by atoms with Gasteiger partial charge in [-0.05, 0) is 12.3 Å². The molecule has 9 nitrogen and oxygen atoms in total. The van der Waals surface area contributed by atoms with Crippen molar-refractivity contribution in [2.24, 2.45) is 17.8 Å². The summed E-state index contributed by atoms with van der Waals surface area (Å²) in [6.45, 7) is 6.33. The molecule has 0 aliphatic carbocycles. The van der Waals surface area contributed by atoms with Crippen molar-refractivity contribution in [3.05, 3.63) is 0 Å². The first-order valence-corrected chi connectivity index (χ1v) is 11.7. The second-order valence-corrected chi connectivity index (χ2v) is 10.2. The van der Waals surface area contributed by atoms with E-state index in [1.54, 1.807) is 18.8 Å². The number of hydrogen-bond donors (Lipinski definition) is 3. The lowest BCUT2D eigenvalue weighted by Crippen LogP contribution is -2.57. The van der Waals surface area contributed by atoms with Crippen molar-refractivity contribution in [1.82, 2.24) is 20.4 Å². The van der Waals surface area contributed by atoms with Crippen LogP contribution in [0.3, 0.4) is 0 Å². The number of carbonyl (C=O) groups is 3. The number of ether oxygens (including phenoxy) is 1. The number of nitrogens with zero attached hydrogens (tertiary/aromatic N) is 2. The largest absolute Gasteiger partial charge is 0.395 e. The Hall–Kier alpha value is -1.36. The quantitative estimate of drug-likeness (QED) is 0.442. The van der Waals surface area contributed by atoms with Crippen LogP contribution in [0.15, 0.2) is 0 Å². The van der Waals surface area contributed by atoms with Crippen molar-refractivity contribution in [3.63, 3.8) is 0 Å². The van der Waals surface area contributed by atoms with E-state index < -0.39 is 22.6 Å². The first-order chi connectivity index (χ1) is 14.5. The molecule has 1 spiro atoms. The van der Waals surface area contributed by atoms with Gasteiger partial charge in [-0.1, -0.05) is 6.92 Å². The molecule has 0 saturated carbocycles. The summed E-state index contributed by atoms with van der Waals surface area (Å²) in [5.41, 5.74) is 0. The molecule has 0 aromatic heterocycles. The van der Waals surface area contributed by atoms with Crippen LogP contribution in [0.4, 0.5) is 0 Å². The molecular weight excluding hydrogens is 408 g/mol. The van der Waals surface area contributed by atoms with E-state index in [-0.39, 0.29) is 42.0 Å². The number of fused-ring (bicyclic) bond motifs is 1. The van der Waals surface area contributed by atoms with Crippen LogP contribution in [0, 0.1) is 17.8 Å². The molecule has 4 heterocycles. The first kappa shape index (κ1) is 21.9. The molecule has 2 bridgehead atoms. The van der Waals surface area contributed by atoms with E-state index in [0.29, 0.717) is 19.8 Å². The van der Waals surface area contributed by atoms with Crippen LogP contribution in [0.5, 0.6) is 0 Å². The van der Waals surface area contributed by atoms with Gasteiger partial charge < -0.3 is 25.4 Å². The smallest absolute Gasteiger partial charge is 0.244 e. The Morgan fingerprint density at radius 3 is 2.67 bits per heavy atom. The molecule has 6 atom stereocenters. The number of carbonyl (C=O) groups excluding carboxylic acids is 3. The first-order valence-electron chi connectivity index (χ1n) is 10.8. The zero-order valence-electron chi connectivity index (χ0n) is 17.6. The minimum absolute atomic E-state index is 0.0498. The highest BCUT2D eigenvalue weighted by molar-refractivity contribution is 8.02. The van der Waals surface area contributed by atoms with E-state index in [9.17, 15) is 19.5 Å². The number of aliphatic hydroxyl groups excluding tert-OH is 1. The molecule has 3 unspecified atom stereocenters. The second-order valence-electron chi connectivity index (χ2n) is 8.67. The molecule has 3 N–H and O–H groups in total. The van der Waals surface area contributed by atoms with Gasteiger partial charge in [0, 0.05) is 45.0 Å². The molecule has 168 valence electrons. The number of thioether (sulfide) groups is 1. The van der Waals surface area contributed by atoms with Crippen molar-refractivity contribution >= 4 is 29.5 Å². The van der Waals surface area contributed by atoms with E-state index in [1.807, 2.05) is 0 Å². The van der Waals surface area contributed by atoms with E-state index >= 15 is 0 Å². The summed E-state index contributed by atoms with van der Waals surface area (Å²) in [5.74, 6) is -1.27. The lowest BCUT2D eigenvalue weighted by Gasteiger charge is -2.38. The summed E-state index contributed by atoms with van der Waals surface area (Å²) in [6.07, 6.45) is 0.817. The van der Waals surface area contributed by atoms with E-state index in [4.69, 9.17) is 4.74 Å². The predicted molar refractivity (Wildman–Crippen MR) is 112 cm³/mol. The Morgan fingerprint density at radius 2 is 2.00 bits per heavy atom. The normalized spacial score (nSPS) is 38.0. The number of likely N-dealkylation sites (tertiary alicyclic amines) is 1. The number of rotatable bonds is 7. The molecule has 0 radical (unpaired) electrons. The van der Waals surface area contributed by atoms with Gasteiger partial charge >= 0.3 is 0 Å². The Kier molecular flexibility index (Phi) is 6.30. The minimum atomic E-state index is -0.661. The van der Waals surface area contributed by atoms with Crippen LogP contribution in [-0.2, 0) is 19.1 Å². The highest BCUT2D eigenvalue weighted by Gasteiger charge is 2.75. The second kappa shape index (κ2) is 8.64. The van der Waals surface area contributed by atoms with Crippen LogP contribution in [0.25, 0.3) is 0 Å². The van der Waals surface area contributed by atoms with Crippen molar-refractivity contribution in [3.8, 4) is 0 Å². The Morgan fingerprint density at radius 1 is 1.27 bits per heavy atom. The number of hydrogen-bond acceptors (Lipinski definition) is 7. The fourth-order valence-electron chi connectivity index (χ4n) is 5.89. The van der Waals surface area contributed by atoms with Crippen LogP contribution in [-0.4, -0.2) is 108 Å². The highest BCUT2D eigenvalue weighted by Crippen LogP contribution is 2.68. The van der Waals surface area contributed by atoms with Gasteiger partial charge in [-0.25, -0.2) is 0 Å². The van der Waals surface area contributed by atoms with Gasteiger partial charge in [0.2, 0.25) is 17.7 Å². The summed E-state index contributed by atoms with van der Waals surface area (Å²) in [6, 6.07) is -0.661. The van der Waals surface area contributed by atoms with Crippen LogP contribution < -0.4 is 10.6 Å². The fraction of sp³-hybridized carbons (Fsp3) is 0.850.